The number of aryl methyl sites for hydroxylation is 1. The normalized spacial score (nSPS) is 17.4. The van der Waals surface area contributed by atoms with E-state index in [0.717, 1.165) is 28.2 Å². The molecular weight excluding hydrogens is 476 g/mol. The number of hydrogen-bond donors (Lipinski definition) is 1. The highest BCUT2D eigenvalue weighted by molar-refractivity contribution is 6.51. The van der Waals surface area contributed by atoms with Crippen molar-refractivity contribution in [1.29, 1.82) is 0 Å². The minimum absolute atomic E-state index is 0.000834. The number of anilines is 1. The summed E-state index contributed by atoms with van der Waals surface area (Å²) in [6.45, 7) is 10.2. The molecule has 1 unspecified atom stereocenters. The molecule has 0 saturated carbocycles. The Hall–Kier alpha value is -4.00. The van der Waals surface area contributed by atoms with E-state index in [4.69, 9.17) is 4.74 Å². The number of nitrogens with zero attached hydrogens (tertiary/aromatic N) is 1. The summed E-state index contributed by atoms with van der Waals surface area (Å²) < 4.78 is 33.4. The fourth-order valence-electron chi connectivity index (χ4n) is 4.45. The quantitative estimate of drug-likeness (QED) is 0.241. The third-order valence-electron chi connectivity index (χ3n) is 6.49. The van der Waals surface area contributed by atoms with E-state index in [1.807, 2.05) is 45.9 Å². The van der Waals surface area contributed by atoms with Gasteiger partial charge in [0.25, 0.3) is 11.7 Å². The fraction of sp³-hybridized carbons (Fsp3) is 0.267. The molecule has 37 heavy (non-hydrogen) atoms. The van der Waals surface area contributed by atoms with Crippen LogP contribution in [0.25, 0.3) is 5.76 Å². The molecule has 3 aromatic carbocycles. The van der Waals surface area contributed by atoms with Crippen molar-refractivity contribution in [2.45, 2.75) is 46.1 Å². The zero-order chi connectivity index (χ0) is 27.1. The Kier molecular flexibility index (Phi) is 6.91. The highest BCUT2D eigenvalue weighted by Gasteiger charge is 2.47. The summed E-state index contributed by atoms with van der Waals surface area (Å²) in [5.74, 6) is -3.83. The van der Waals surface area contributed by atoms with Crippen LogP contribution >= 0.6 is 0 Å². The van der Waals surface area contributed by atoms with Gasteiger partial charge in [-0.2, -0.15) is 0 Å². The third-order valence-corrected chi connectivity index (χ3v) is 6.49. The number of carbonyl (C=O) groups excluding carboxylic acids is 2. The fourth-order valence-corrected chi connectivity index (χ4v) is 4.45. The summed E-state index contributed by atoms with van der Waals surface area (Å²) in [5.41, 5.74) is 2.22. The molecule has 1 amide bonds. The Balaban J connectivity index is 1.96. The van der Waals surface area contributed by atoms with Gasteiger partial charge in [-0.1, -0.05) is 45.0 Å². The summed E-state index contributed by atoms with van der Waals surface area (Å²) in [5, 5.41) is 11.5. The molecule has 1 atom stereocenters. The van der Waals surface area contributed by atoms with Gasteiger partial charge in [-0.3, -0.25) is 14.5 Å². The predicted octanol–water partition coefficient (Wildman–Crippen LogP) is 6.60. The van der Waals surface area contributed by atoms with E-state index >= 15 is 0 Å². The first-order valence-electron chi connectivity index (χ1n) is 12.0. The number of aliphatic hydroxyl groups excluding tert-OH is 1. The molecule has 5 nitrogen and oxygen atoms in total. The molecule has 1 saturated heterocycles. The summed E-state index contributed by atoms with van der Waals surface area (Å²) in [6, 6.07) is 14.3. The van der Waals surface area contributed by atoms with Crippen LogP contribution in [0.1, 0.15) is 56.0 Å². The van der Waals surface area contributed by atoms with Gasteiger partial charge in [0.05, 0.1) is 18.2 Å². The lowest BCUT2D eigenvalue weighted by molar-refractivity contribution is -0.132. The summed E-state index contributed by atoms with van der Waals surface area (Å²) in [4.78, 5) is 27.8. The van der Waals surface area contributed by atoms with E-state index < -0.39 is 29.4 Å². The number of aliphatic hydroxyl groups is 1. The standard InChI is InChI=1S/C30H29F2NO4/c1-6-37-21-12-8-18(9-13-21)26-25(27(34)22-15-19(30(3,4)5)10-7-17(22)2)28(35)29(36)33(26)20-11-14-23(31)24(32)16-20/h7-16,26,34H,6H2,1-5H3/b27-25+. The number of carbonyl (C=O) groups is 2. The molecule has 192 valence electrons. The second-order valence-electron chi connectivity index (χ2n) is 10.0. The largest absolute Gasteiger partial charge is 0.507 e. The molecular formula is C30H29F2NO4. The van der Waals surface area contributed by atoms with Gasteiger partial charge in [-0.05, 0) is 66.3 Å². The van der Waals surface area contributed by atoms with Gasteiger partial charge in [0, 0.05) is 17.3 Å². The number of amides is 1. The molecule has 1 aliphatic heterocycles. The van der Waals surface area contributed by atoms with Crippen LogP contribution in [-0.2, 0) is 15.0 Å². The lowest BCUT2D eigenvalue weighted by Gasteiger charge is -2.26. The van der Waals surface area contributed by atoms with Crippen LogP contribution in [0, 0.1) is 18.6 Å². The van der Waals surface area contributed by atoms with Crippen molar-refractivity contribution in [3.8, 4) is 5.75 Å². The minimum Gasteiger partial charge on any atom is -0.507 e. The number of benzene rings is 3. The molecule has 3 aromatic rings. The molecule has 0 spiro atoms. The maximum atomic E-state index is 14.2. The molecule has 1 heterocycles. The SMILES string of the molecule is CCOc1ccc(C2/C(=C(\O)c3cc(C(C)(C)C)ccc3C)C(=O)C(=O)N2c2ccc(F)c(F)c2)cc1. The Morgan fingerprint density at radius 2 is 1.65 bits per heavy atom. The molecule has 0 aliphatic carbocycles. The first-order chi connectivity index (χ1) is 17.4. The van der Waals surface area contributed by atoms with Gasteiger partial charge in [0.15, 0.2) is 11.6 Å². The Morgan fingerprint density at radius 1 is 0.973 bits per heavy atom. The third kappa shape index (κ3) is 4.86. The van der Waals surface area contributed by atoms with Crippen molar-refractivity contribution in [2.24, 2.45) is 0 Å². The number of rotatable bonds is 5. The van der Waals surface area contributed by atoms with Crippen molar-refractivity contribution in [1.82, 2.24) is 0 Å². The highest BCUT2D eigenvalue weighted by atomic mass is 19.2. The van der Waals surface area contributed by atoms with Crippen LogP contribution in [0.15, 0.2) is 66.2 Å². The topological polar surface area (TPSA) is 66.8 Å². The number of halogens is 2. The Bertz CT molecular complexity index is 1400. The Labute approximate surface area is 215 Å². The van der Waals surface area contributed by atoms with Crippen LogP contribution in [0.3, 0.4) is 0 Å². The maximum Gasteiger partial charge on any atom is 0.300 e. The van der Waals surface area contributed by atoms with Crippen molar-refractivity contribution in [3.05, 3.63) is 100 Å². The van der Waals surface area contributed by atoms with Crippen LogP contribution in [0.2, 0.25) is 0 Å². The molecule has 0 bridgehead atoms. The number of ether oxygens (including phenoxy) is 1. The van der Waals surface area contributed by atoms with Crippen LogP contribution in [0.5, 0.6) is 5.75 Å². The van der Waals surface area contributed by atoms with Crippen molar-refractivity contribution in [3.63, 3.8) is 0 Å². The zero-order valence-electron chi connectivity index (χ0n) is 21.4. The van der Waals surface area contributed by atoms with Crippen molar-refractivity contribution >= 4 is 23.1 Å². The van der Waals surface area contributed by atoms with Crippen molar-refractivity contribution < 1.29 is 28.2 Å². The van der Waals surface area contributed by atoms with Crippen molar-refractivity contribution in [2.75, 3.05) is 11.5 Å². The first-order valence-corrected chi connectivity index (χ1v) is 12.0. The molecule has 1 aliphatic rings. The average Bonchev–Trinajstić information content (AvgIpc) is 3.11. The molecule has 0 radical (unpaired) electrons. The monoisotopic (exact) mass is 505 g/mol. The predicted molar refractivity (Wildman–Crippen MR) is 139 cm³/mol. The first kappa shape index (κ1) is 26.1. The smallest absolute Gasteiger partial charge is 0.300 e. The van der Waals surface area contributed by atoms with E-state index in [0.29, 0.717) is 23.5 Å². The van der Waals surface area contributed by atoms with E-state index in [9.17, 15) is 23.5 Å². The highest BCUT2D eigenvalue weighted by Crippen LogP contribution is 2.43. The van der Waals surface area contributed by atoms with Crippen LogP contribution in [0.4, 0.5) is 14.5 Å². The van der Waals surface area contributed by atoms with Gasteiger partial charge < -0.3 is 9.84 Å². The molecule has 7 heteroatoms. The molecule has 4 rings (SSSR count). The second kappa shape index (κ2) is 9.81. The zero-order valence-corrected chi connectivity index (χ0v) is 21.4. The van der Waals surface area contributed by atoms with E-state index in [1.165, 1.54) is 6.07 Å². The van der Waals surface area contributed by atoms with E-state index in [2.05, 4.69) is 0 Å². The summed E-state index contributed by atoms with van der Waals surface area (Å²) in [6.07, 6.45) is 0. The second-order valence-corrected chi connectivity index (χ2v) is 10.0. The molecule has 0 aromatic heterocycles. The summed E-state index contributed by atoms with van der Waals surface area (Å²) in [7, 11) is 0. The minimum atomic E-state index is -1.15. The number of ketones is 1. The molecule has 1 fully saturated rings. The summed E-state index contributed by atoms with van der Waals surface area (Å²) >= 11 is 0. The van der Waals surface area contributed by atoms with Gasteiger partial charge in [-0.15, -0.1) is 0 Å². The lowest BCUT2D eigenvalue weighted by Crippen LogP contribution is -2.29. The number of hydrogen-bond acceptors (Lipinski definition) is 4. The van der Waals surface area contributed by atoms with Crippen LogP contribution < -0.4 is 9.64 Å². The van der Waals surface area contributed by atoms with Crippen LogP contribution in [-0.4, -0.2) is 23.4 Å². The molecule has 1 N–H and O–H groups in total. The van der Waals surface area contributed by atoms with Gasteiger partial charge >= 0.3 is 0 Å². The lowest BCUT2D eigenvalue weighted by atomic mass is 9.84. The van der Waals surface area contributed by atoms with Gasteiger partial charge in [-0.25, -0.2) is 8.78 Å². The van der Waals surface area contributed by atoms with E-state index in [-0.39, 0.29) is 22.4 Å². The Morgan fingerprint density at radius 3 is 2.24 bits per heavy atom. The van der Waals surface area contributed by atoms with Gasteiger partial charge in [0.1, 0.15) is 11.5 Å². The maximum absolute atomic E-state index is 14.2. The number of Topliss-reactive ketones (excluding diaryl/α,β-unsaturated/α-hetero) is 1. The van der Waals surface area contributed by atoms with Gasteiger partial charge in [0.2, 0.25) is 0 Å². The van der Waals surface area contributed by atoms with E-state index in [1.54, 1.807) is 31.2 Å². The average molecular weight is 506 g/mol.